The molecule has 0 spiro atoms. The summed E-state index contributed by atoms with van der Waals surface area (Å²) in [5, 5.41) is 8.72. The fourth-order valence-electron chi connectivity index (χ4n) is 2.72. The van der Waals surface area contributed by atoms with Crippen molar-refractivity contribution in [3.8, 4) is 5.75 Å². The van der Waals surface area contributed by atoms with Crippen LogP contribution in [-0.2, 0) is 4.79 Å². The topological polar surface area (TPSA) is 79.5 Å². The molecule has 0 saturated heterocycles. The fourth-order valence-corrected chi connectivity index (χ4v) is 2.72. The van der Waals surface area contributed by atoms with Crippen LogP contribution in [0.15, 0.2) is 78.9 Å². The van der Waals surface area contributed by atoms with Crippen molar-refractivity contribution in [2.75, 3.05) is 29.1 Å². The highest BCUT2D eigenvalue weighted by Crippen LogP contribution is 2.18. The minimum absolute atomic E-state index is 0.107. The smallest absolute Gasteiger partial charge is 0.255 e. The standard InChI is InChI=1S/C23H23N3O3/c1-2-29-21-13-7-10-18(15-21)24-16-22(27)25-19-11-6-12-20(14-19)26-23(28)17-8-4-3-5-9-17/h3-15,24H,2,16H2,1H3,(H,25,27)(H,26,28). The van der Waals surface area contributed by atoms with Crippen LogP contribution in [0.25, 0.3) is 0 Å². The van der Waals surface area contributed by atoms with E-state index in [1.807, 2.05) is 49.4 Å². The molecular formula is C23H23N3O3. The van der Waals surface area contributed by atoms with Gasteiger partial charge in [0.15, 0.2) is 0 Å². The number of benzene rings is 3. The summed E-state index contributed by atoms with van der Waals surface area (Å²) < 4.78 is 5.45. The van der Waals surface area contributed by atoms with Crippen LogP contribution in [0.4, 0.5) is 17.1 Å². The van der Waals surface area contributed by atoms with E-state index < -0.39 is 0 Å². The van der Waals surface area contributed by atoms with E-state index in [0.29, 0.717) is 23.5 Å². The molecule has 2 amide bonds. The maximum Gasteiger partial charge on any atom is 0.255 e. The molecule has 0 radical (unpaired) electrons. The molecule has 0 atom stereocenters. The Hall–Kier alpha value is -3.80. The van der Waals surface area contributed by atoms with E-state index in [1.54, 1.807) is 36.4 Å². The average Bonchev–Trinajstić information content (AvgIpc) is 2.74. The first-order chi connectivity index (χ1) is 14.1. The molecule has 29 heavy (non-hydrogen) atoms. The third-order valence-electron chi connectivity index (χ3n) is 4.04. The predicted molar refractivity (Wildman–Crippen MR) is 116 cm³/mol. The van der Waals surface area contributed by atoms with Crippen molar-refractivity contribution in [2.24, 2.45) is 0 Å². The van der Waals surface area contributed by atoms with Gasteiger partial charge in [0, 0.05) is 28.7 Å². The first-order valence-corrected chi connectivity index (χ1v) is 9.37. The summed E-state index contributed by atoms with van der Waals surface area (Å²) in [6, 6.07) is 23.4. The Kier molecular flexibility index (Phi) is 6.84. The number of amides is 2. The van der Waals surface area contributed by atoms with Crippen LogP contribution in [0, 0.1) is 0 Å². The maximum absolute atomic E-state index is 12.3. The minimum atomic E-state index is -0.204. The van der Waals surface area contributed by atoms with E-state index in [4.69, 9.17) is 4.74 Å². The van der Waals surface area contributed by atoms with Crippen molar-refractivity contribution in [1.29, 1.82) is 0 Å². The molecule has 0 heterocycles. The summed E-state index contributed by atoms with van der Waals surface area (Å²) >= 11 is 0. The molecule has 0 unspecified atom stereocenters. The molecule has 6 nitrogen and oxygen atoms in total. The minimum Gasteiger partial charge on any atom is -0.494 e. The van der Waals surface area contributed by atoms with Gasteiger partial charge in [-0.15, -0.1) is 0 Å². The zero-order valence-corrected chi connectivity index (χ0v) is 16.1. The van der Waals surface area contributed by atoms with Crippen molar-refractivity contribution in [2.45, 2.75) is 6.92 Å². The molecular weight excluding hydrogens is 366 g/mol. The summed E-state index contributed by atoms with van der Waals surface area (Å²) in [7, 11) is 0. The molecule has 0 aliphatic carbocycles. The first-order valence-electron chi connectivity index (χ1n) is 9.37. The summed E-state index contributed by atoms with van der Waals surface area (Å²) in [6.07, 6.45) is 0. The van der Waals surface area contributed by atoms with Gasteiger partial charge in [-0.1, -0.05) is 30.3 Å². The van der Waals surface area contributed by atoms with Crippen LogP contribution in [0.2, 0.25) is 0 Å². The number of carbonyl (C=O) groups excluding carboxylic acids is 2. The maximum atomic E-state index is 12.3. The molecule has 0 saturated carbocycles. The summed E-state index contributed by atoms with van der Waals surface area (Å²) in [5.41, 5.74) is 2.58. The van der Waals surface area contributed by atoms with Crippen LogP contribution >= 0.6 is 0 Å². The Morgan fingerprint density at radius 2 is 1.48 bits per heavy atom. The van der Waals surface area contributed by atoms with Gasteiger partial charge in [-0.25, -0.2) is 0 Å². The van der Waals surface area contributed by atoms with Gasteiger partial charge < -0.3 is 20.7 Å². The predicted octanol–water partition coefficient (Wildman–Crippen LogP) is 4.39. The third-order valence-corrected chi connectivity index (χ3v) is 4.04. The Bertz CT molecular complexity index is 974. The number of hydrogen-bond acceptors (Lipinski definition) is 4. The SMILES string of the molecule is CCOc1cccc(NCC(=O)Nc2cccc(NC(=O)c3ccccc3)c2)c1. The fraction of sp³-hybridized carbons (Fsp3) is 0.130. The number of rotatable bonds is 8. The normalized spacial score (nSPS) is 10.1. The molecule has 148 valence electrons. The lowest BCUT2D eigenvalue weighted by molar-refractivity contribution is -0.114. The van der Waals surface area contributed by atoms with Crippen LogP contribution in [0.5, 0.6) is 5.75 Å². The van der Waals surface area contributed by atoms with E-state index in [1.165, 1.54) is 0 Å². The molecule has 0 aliphatic rings. The second-order valence-electron chi connectivity index (χ2n) is 6.26. The molecule has 0 aliphatic heterocycles. The highest BCUT2D eigenvalue weighted by Gasteiger charge is 2.07. The second kappa shape index (κ2) is 9.94. The zero-order chi connectivity index (χ0) is 20.5. The van der Waals surface area contributed by atoms with Gasteiger partial charge in [-0.2, -0.15) is 0 Å². The zero-order valence-electron chi connectivity index (χ0n) is 16.1. The Morgan fingerprint density at radius 3 is 2.24 bits per heavy atom. The lowest BCUT2D eigenvalue weighted by Crippen LogP contribution is -2.21. The van der Waals surface area contributed by atoms with Crippen LogP contribution < -0.4 is 20.7 Å². The monoisotopic (exact) mass is 389 g/mol. The van der Waals surface area contributed by atoms with Gasteiger partial charge in [0.2, 0.25) is 5.91 Å². The van der Waals surface area contributed by atoms with Crippen LogP contribution in [0.3, 0.4) is 0 Å². The largest absolute Gasteiger partial charge is 0.494 e. The van der Waals surface area contributed by atoms with Gasteiger partial charge >= 0.3 is 0 Å². The number of nitrogens with one attached hydrogen (secondary N) is 3. The van der Waals surface area contributed by atoms with Crippen LogP contribution in [-0.4, -0.2) is 25.0 Å². The van der Waals surface area contributed by atoms with E-state index >= 15 is 0 Å². The number of carbonyl (C=O) groups is 2. The first kappa shape index (κ1) is 19.9. The number of hydrogen-bond donors (Lipinski definition) is 3. The number of ether oxygens (including phenoxy) is 1. The van der Waals surface area contributed by atoms with Gasteiger partial charge in [0.25, 0.3) is 5.91 Å². The quantitative estimate of drug-likeness (QED) is 0.534. The highest BCUT2D eigenvalue weighted by atomic mass is 16.5. The van der Waals surface area contributed by atoms with E-state index in [2.05, 4.69) is 16.0 Å². The van der Waals surface area contributed by atoms with Crippen molar-refractivity contribution < 1.29 is 14.3 Å². The van der Waals surface area contributed by atoms with Gasteiger partial charge in [-0.05, 0) is 49.4 Å². The van der Waals surface area contributed by atoms with Crippen molar-refractivity contribution >= 4 is 28.9 Å². The van der Waals surface area contributed by atoms with Gasteiger partial charge in [0.05, 0.1) is 13.2 Å². The van der Waals surface area contributed by atoms with E-state index in [-0.39, 0.29) is 18.4 Å². The summed E-state index contributed by atoms with van der Waals surface area (Å²) in [5.74, 6) is 0.350. The van der Waals surface area contributed by atoms with Crippen molar-refractivity contribution in [3.63, 3.8) is 0 Å². The van der Waals surface area contributed by atoms with Gasteiger partial charge in [0.1, 0.15) is 5.75 Å². The second-order valence-corrected chi connectivity index (χ2v) is 6.26. The highest BCUT2D eigenvalue weighted by molar-refractivity contribution is 6.04. The lowest BCUT2D eigenvalue weighted by Gasteiger charge is -2.11. The van der Waals surface area contributed by atoms with E-state index in [0.717, 1.165) is 11.4 Å². The van der Waals surface area contributed by atoms with Crippen molar-refractivity contribution in [1.82, 2.24) is 0 Å². The summed E-state index contributed by atoms with van der Waals surface area (Å²) in [6.45, 7) is 2.61. The van der Waals surface area contributed by atoms with Crippen molar-refractivity contribution in [3.05, 3.63) is 84.4 Å². The molecule has 0 aromatic heterocycles. The number of anilines is 3. The van der Waals surface area contributed by atoms with E-state index in [9.17, 15) is 9.59 Å². The molecule has 3 aromatic rings. The summed E-state index contributed by atoms with van der Waals surface area (Å²) in [4.78, 5) is 24.5. The molecule has 6 heteroatoms. The van der Waals surface area contributed by atoms with Gasteiger partial charge in [-0.3, -0.25) is 9.59 Å². The molecule has 3 aromatic carbocycles. The molecule has 3 rings (SSSR count). The molecule has 0 fully saturated rings. The Labute approximate surface area is 169 Å². The molecule has 0 bridgehead atoms. The third kappa shape index (κ3) is 6.10. The van der Waals surface area contributed by atoms with Crippen LogP contribution in [0.1, 0.15) is 17.3 Å². The molecule has 3 N–H and O–H groups in total. The Morgan fingerprint density at radius 1 is 0.793 bits per heavy atom. The Balaban J connectivity index is 1.55. The lowest BCUT2D eigenvalue weighted by atomic mass is 10.2. The average molecular weight is 389 g/mol.